The molecule has 3 atom stereocenters. The number of halogens is 3. The van der Waals surface area contributed by atoms with Crippen molar-refractivity contribution in [1.82, 2.24) is 24.8 Å². The lowest BCUT2D eigenvalue weighted by Crippen LogP contribution is -2.54. The highest BCUT2D eigenvalue weighted by Gasteiger charge is 2.31. The van der Waals surface area contributed by atoms with Crippen LogP contribution in [0.1, 0.15) is 20.8 Å². The fourth-order valence-corrected chi connectivity index (χ4v) is 5.73. The molecule has 2 N–H and O–H groups in total. The van der Waals surface area contributed by atoms with Crippen molar-refractivity contribution in [2.75, 3.05) is 51.0 Å². The Morgan fingerprint density at radius 2 is 2.04 bits per heavy atom. The highest BCUT2D eigenvalue weighted by molar-refractivity contribution is 5.91. The van der Waals surface area contributed by atoms with Gasteiger partial charge in [-0.2, -0.15) is 4.98 Å². The molecule has 14 heteroatoms. The van der Waals surface area contributed by atoms with Gasteiger partial charge >= 0.3 is 5.69 Å². The average molecular weight is 669 g/mol. The average Bonchev–Trinajstić information content (AvgIpc) is 3.06. The summed E-state index contributed by atoms with van der Waals surface area (Å²) in [5, 5.41) is 14.9. The zero-order valence-corrected chi connectivity index (χ0v) is 27.0. The lowest BCUT2D eigenvalue weighted by atomic mass is 10.0. The van der Waals surface area contributed by atoms with E-state index in [1.54, 1.807) is 16.0 Å². The van der Waals surface area contributed by atoms with E-state index in [0.717, 1.165) is 16.7 Å². The van der Waals surface area contributed by atoms with Crippen LogP contribution in [0.3, 0.4) is 0 Å². The third-order valence-electron chi connectivity index (χ3n) is 8.13. The molecule has 1 amide bonds. The van der Waals surface area contributed by atoms with Crippen molar-refractivity contribution < 1.29 is 32.5 Å². The summed E-state index contributed by atoms with van der Waals surface area (Å²) in [6.07, 6.45) is 3.01. The number of aliphatic hydroxyl groups excluding tert-OH is 1. The van der Waals surface area contributed by atoms with Crippen LogP contribution < -0.4 is 20.6 Å². The van der Waals surface area contributed by atoms with Gasteiger partial charge < -0.3 is 29.7 Å². The van der Waals surface area contributed by atoms with Crippen LogP contribution >= 0.6 is 0 Å². The number of aromatic nitrogens is 3. The third-order valence-corrected chi connectivity index (χ3v) is 8.13. The lowest BCUT2D eigenvalue weighted by Gasteiger charge is -2.40. The van der Waals surface area contributed by atoms with E-state index in [-0.39, 0.29) is 65.4 Å². The summed E-state index contributed by atoms with van der Waals surface area (Å²) >= 11 is 0. The highest BCUT2D eigenvalue weighted by atomic mass is 19.1. The molecule has 1 fully saturated rings. The normalized spacial score (nSPS) is 21.0. The molecule has 5 rings (SSSR count). The Hall–Kier alpha value is -4.69. The van der Waals surface area contributed by atoms with Crippen molar-refractivity contribution in [2.45, 2.75) is 39.0 Å². The van der Waals surface area contributed by atoms with Crippen LogP contribution in [0.5, 0.6) is 5.75 Å². The number of carbonyl (C=O) groups is 1. The summed E-state index contributed by atoms with van der Waals surface area (Å²) in [6, 6.07) is 4.72. The number of nitrogens with zero attached hydrogens (tertiary/aromatic N) is 5. The summed E-state index contributed by atoms with van der Waals surface area (Å²) in [6.45, 7) is 9.32. The minimum atomic E-state index is -1.47. The number of nitrogens with one attached hydrogen (secondary N) is 1. The van der Waals surface area contributed by atoms with Gasteiger partial charge in [0.05, 0.1) is 17.6 Å². The summed E-state index contributed by atoms with van der Waals surface area (Å²) in [5.41, 5.74) is -1.45. The molecule has 0 saturated carbocycles. The Morgan fingerprint density at radius 3 is 2.75 bits per heavy atom. The SMILES string of the molecule is C=CC(=O)N1CCN(c2nc(=O)n3c4nc(c(F)cc24)-c2c(F)cccc2OCC(OCCF)C(O)C(/C=C\NCC(C)C)=C\3)[C@@H](C)C1. The quantitative estimate of drug-likeness (QED) is 0.329. The highest BCUT2D eigenvalue weighted by Crippen LogP contribution is 2.37. The minimum Gasteiger partial charge on any atom is -0.490 e. The van der Waals surface area contributed by atoms with Gasteiger partial charge in [0.25, 0.3) is 0 Å². The molecule has 1 aromatic carbocycles. The predicted octanol–water partition coefficient (Wildman–Crippen LogP) is 3.67. The monoisotopic (exact) mass is 668 g/mol. The molecule has 0 aliphatic carbocycles. The second kappa shape index (κ2) is 15.0. The minimum absolute atomic E-state index is 0.0672. The first-order chi connectivity index (χ1) is 23.0. The summed E-state index contributed by atoms with van der Waals surface area (Å²) in [7, 11) is 0. The Kier molecular flexibility index (Phi) is 10.8. The molecule has 1 saturated heterocycles. The number of ether oxygens (including phenoxy) is 2. The number of aliphatic hydroxyl groups is 1. The molecule has 2 aromatic heterocycles. The summed E-state index contributed by atoms with van der Waals surface area (Å²) < 4.78 is 57.4. The number of amides is 1. The standard InChI is InChI=1S/C34H39F3N6O5/c1-5-28(44)41-12-13-42(21(4)17-41)33-23-15-25(37)30-29-24(36)7-6-8-26(29)48-19-27(47-14-10-35)31(45)22(9-11-38-16-20(2)3)18-43(32(23)39-30)34(46)40-33/h5-9,11,15,18,20-21,27,31,38,45H,1,10,12-14,16-17,19H2,2-4H3/b11-9-,22-18-/t21-,27?,31?/m0/s1. The molecule has 11 nitrogen and oxygen atoms in total. The number of hydrogen-bond acceptors (Lipinski definition) is 9. The number of pyridine rings is 1. The van der Waals surface area contributed by atoms with Gasteiger partial charge in [-0.3, -0.25) is 9.36 Å². The fraction of sp³-hybridized carbons (Fsp3) is 0.412. The number of rotatable bonds is 9. The van der Waals surface area contributed by atoms with Crippen molar-refractivity contribution in [2.24, 2.45) is 5.92 Å². The largest absolute Gasteiger partial charge is 0.490 e. The molecule has 0 radical (unpaired) electrons. The molecule has 2 bridgehead atoms. The first-order valence-corrected chi connectivity index (χ1v) is 15.7. The molecular weight excluding hydrogens is 629 g/mol. The van der Waals surface area contributed by atoms with E-state index in [2.05, 4.69) is 21.9 Å². The van der Waals surface area contributed by atoms with Crippen molar-refractivity contribution >= 4 is 29.0 Å². The van der Waals surface area contributed by atoms with E-state index < -0.39 is 41.9 Å². The zero-order valence-electron chi connectivity index (χ0n) is 27.0. The van der Waals surface area contributed by atoms with Crippen LogP contribution in [0, 0.1) is 17.6 Å². The fourth-order valence-electron chi connectivity index (χ4n) is 5.73. The van der Waals surface area contributed by atoms with Gasteiger partial charge in [-0.15, -0.1) is 0 Å². The number of alkyl halides is 1. The Morgan fingerprint density at radius 1 is 1.25 bits per heavy atom. The Balaban J connectivity index is 1.76. The van der Waals surface area contributed by atoms with Gasteiger partial charge in [0, 0.05) is 44.0 Å². The topological polar surface area (TPSA) is 122 Å². The molecule has 48 heavy (non-hydrogen) atoms. The van der Waals surface area contributed by atoms with E-state index in [9.17, 15) is 19.1 Å². The second-order valence-corrected chi connectivity index (χ2v) is 12.0. The van der Waals surface area contributed by atoms with Crippen molar-refractivity contribution in [1.29, 1.82) is 0 Å². The number of piperazine rings is 1. The van der Waals surface area contributed by atoms with E-state index >= 15 is 8.78 Å². The van der Waals surface area contributed by atoms with Gasteiger partial charge in [-0.05, 0) is 49.4 Å². The molecule has 2 aliphatic rings. The Labute approximate surface area is 276 Å². The first-order valence-electron chi connectivity index (χ1n) is 15.7. The lowest BCUT2D eigenvalue weighted by molar-refractivity contribution is -0.126. The maximum absolute atomic E-state index is 16.1. The molecule has 2 unspecified atom stereocenters. The number of fused-ring (bicyclic) bond motifs is 3. The number of hydrogen-bond donors (Lipinski definition) is 2. The first kappa shape index (κ1) is 34.6. The van der Waals surface area contributed by atoms with Gasteiger partial charge in [0.2, 0.25) is 5.91 Å². The second-order valence-electron chi connectivity index (χ2n) is 12.0. The van der Waals surface area contributed by atoms with Crippen LogP contribution in [-0.2, 0) is 9.53 Å². The molecule has 4 heterocycles. The van der Waals surface area contributed by atoms with Crippen LogP contribution in [-0.4, -0.2) is 94.8 Å². The van der Waals surface area contributed by atoms with Crippen LogP contribution in [0.25, 0.3) is 28.5 Å². The Bertz CT molecular complexity index is 1800. The maximum Gasteiger partial charge on any atom is 0.355 e. The van der Waals surface area contributed by atoms with Crippen LogP contribution in [0.4, 0.5) is 19.0 Å². The zero-order chi connectivity index (χ0) is 34.5. The molecule has 2 aliphatic heterocycles. The van der Waals surface area contributed by atoms with E-state index in [4.69, 9.17) is 9.47 Å². The van der Waals surface area contributed by atoms with E-state index in [0.29, 0.717) is 25.6 Å². The maximum atomic E-state index is 16.1. The third kappa shape index (κ3) is 7.24. The van der Waals surface area contributed by atoms with Gasteiger partial charge in [0.1, 0.15) is 48.6 Å². The summed E-state index contributed by atoms with van der Waals surface area (Å²) in [5.74, 6) is -1.64. The van der Waals surface area contributed by atoms with Crippen molar-refractivity contribution in [3.05, 3.63) is 76.9 Å². The van der Waals surface area contributed by atoms with Gasteiger partial charge in [-0.1, -0.05) is 26.5 Å². The van der Waals surface area contributed by atoms with Crippen molar-refractivity contribution in [3.8, 4) is 17.0 Å². The number of carbonyl (C=O) groups excluding carboxylic acids is 1. The van der Waals surface area contributed by atoms with Gasteiger partial charge in [-0.25, -0.2) is 22.9 Å². The molecule has 0 spiro atoms. The number of anilines is 1. The summed E-state index contributed by atoms with van der Waals surface area (Å²) in [4.78, 5) is 38.4. The van der Waals surface area contributed by atoms with E-state index in [1.165, 1.54) is 30.5 Å². The molecule has 256 valence electrons. The van der Waals surface area contributed by atoms with Crippen LogP contribution in [0.2, 0.25) is 0 Å². The smallest absolute Gasteiger partial charge is 0.355 e. The predicted molar refractivity (Wildman–Crippen MR) is 176 cm³/mol. The molecule has 3 aromatic rings. The van der Waals surface area contributed by atoms with Crippen LogP contribution in [0.15, 0.2) is 59.6 Å². The number of benzene rings is 1. The van der Waals surface area contributed by atoms with E-state index in [1.807, 2.05) is 20.8 Å². The van der Waals surface area contributed by atoms with Gasteiger partial charge in [0.15, 0.2) is 11.5 Å². The molecular formula is C34H39F3N6O5. The van der Waals surface area contributed by atoms with Crippen molar-refractivity contribution in [3.63, 3.8) is 0 Å².